The van der Waals surface area contributed by atoms with Gasteiger partial charge in [-0.05, 0) is 6.42 Å². The lowest BCUT2D eigenvalue weighted by atomic mass is 10.0. The second kappa shape index (κ2) is 7.53. The average Bonchev–Trinajstić information content (AvgIpc) is 2.55. The molecule has 6 N–H and O–H groups in total. The molecule has 0 saturated carbocycles. The first-order chi connectivity index (χ1) is 11.3. The van der Waals surface area contributed by atoms with Crippen LogP contribution in [-0.4, -0.2) is 54.8 Å². The molecule has 12 nitrogen and oxygen atoms in total. The van der Waals surface area contributed by atoms with Crippen molar-refractivity contribution in [3.05, 3.63) is 0 Å². The minimum absolute atomic E-state index is 0.0625. The number of carbonyl (C=O) groups is 4. The lowest BCUT2D eigenvalue weighted by Gasteiger charge is -2.32. The minimum Gasteiger partial charge on any atom is -0.455 e. The largest absolute Gasteiger partial charge is 0.455 e. The van der Waals surface area contributed by atoms with E-state index in [1.165, 1.54) is 0 Å². The molecule has 134 valence electrons. The number of hydrogen-bond acceptors (Lipinski definition) is 12. The highest BCUT2D eigenvalue weighted by molar-refractivity contribution is 5.87. The molecule has 3 atom stereocenters. The van der Waals surface area contributed by atoms with E-state index in [4.69, 9.17) is 25.8 Å². The van der Waals surface area contributed by atoms with Gasteiger partial charge in [0.1, 0.15) is 6.04 Å². The predicted molar refractivity (Wildman–Crippen MR) is 72.9 cm³/mol. The van der Waals surface area contributed by atoms with E-state index < -0.39 is 48.2 Å². The van der Waals surface area contributed by atoms with E-state index in [0.29, 0.717) is 0 Å². The number of nitrogens with one attached hydrogen (secondary N) is 2. The first-order valence-corrected chi connectivity index (χ1v) is 7.16. The standard InChI is InChI=1S/C12H18N4O8/c13-6-1-2-8(17)21-7-5-9(18)23-15-3-4-16-24-11(20)12(7,14)22-10(6)19/h6-7,15-16H,1-5,13-14H2/t6-,7?,12-/m1/s1. The van der Waals surface area contributed by atoms with Crippen molar-refractivity contribution in [3.8, 4) is 0 Å². The highest BCUT2D eigenvalue weighted by Gasteiger charge is 2.53. The van der Waals surface area contributed by atoms with Gasteiger partial charge < -0.3 is 24.9 Å². The van der Waals surface area contributed by atoms with Gasteiger partial charge in [-0.3, -0.25) is 20.1 Å². The summed E-state index contributed by atoms with van der Waals surface area (Å²) >= 11 is 0. The van der Waals surface area contributed by atoms with Crippen LogP contribution in [-0.2, 0) is 38.3 Å². The Hall–Kier alpha value is -2.28. The zero-order valence-electron chi connectivity index (χ0n) is 12.6. The third-order valence-electron chi connectivity index (χ3n) is 3.33. The lowest BCUT2D eigenvalue weighted by Crippen LogP contribution is -2.64. The maximum absolute atomic E-state index is 12.3. The summed E-state index contributed by atoms with van der Waals surface area (Å²) in [6.45, 7) is 0.179. The Morgan fingerprint density at radius 1 is 1.04 bits per heavy atom. The van der Waals surface area contributed by atoms with Gasteiger partial charge >= 0.3 is 23.9 Å². The molecule has 0 aromatic heterocycles. The van der Waals surface area contributed by atoms with E-state index in [1.807, 2.05) is 0 Å². The topological polar surface area (TPSA) is 181 Å². The molecule has 2 aliphatic heterocycles. The van der Waals surface area contributed by atoms with E-state index >= 15 is 0 Å². The SMILES string of the molecule is N[C@@H]1CCC(=O)OC2CC(=O)ONCCNOC(=O)[C@]2(N)OC1=O. The fourth-order valence-electron chi connectivity index (χ4n) is 1.99. The summed E-state index contributed by atoms with van der Waals surface area (Å²) in [5.74, 6) is -3.96. The third kappa shape index (κ3) is 4.17. The molecule has 2 rings (SSSR count). The molecule has 2 saturated heterocycles. The lowest BCUT2D eigenvalue weighted by molar-refractivity contribution is -0.207. The van der Waals surface area contributed by atoms with Gasteiger partial charge in [-0.15, -0.1) is 0 Å². The van der Waals surface area contributed by atoms with Crippen LogP contribution in [0.25, 0.3) is 0 Å². The molecule has 0 radical (unpaired) electrons. The van der Waals surface area contributed by atoms with Crippen molar-refractivity contribution in [2.75, 3.05) is 13.1 Å². The number of rotatable bonds is 0. The van der Waals surface area contributed by atoms with Crippen molar-refractivity contribution >= 4 is 23.9 Å². The summed E-state index contributed by atoms with van der Waals surface area (Å²) in [5, 5.41) is 0. The molecule has 0 spiro atoms. The van der Waals surface area contributed by atoms with E-state index in [2.05, 4.69) is 15.8 Å². The van der Waals surface area contributed by atoms with Crippen LogP contribution in [0, 0.1) is 0 Å². The molecule has 0 bridgehead atoms. The van der Waals surface area contributed by atoms with Crippen molar-refractivity contribution in [1.29, 1.82) is 0 Å². The van der Waals surface area contributed by atoms with E-state index in [1.54, 1.807) is 0 Å². The van der Waals surface area contributed by atoms with Gasteiger partial charge in [0.2, 0.25) is 0 Å². The Morgan fingerprint density at radius 3 is 2.42 bits per heavy atom. The zero-order chi connectivity index (χ0) is 17.7. The highest BCUT2D eigenvalue weighted by Crippen LogP contribution is 2.23. The van der Waals surface area contributed by atoms with Crippen molar-refractivity contribution in [2.45, 2.75) is 37.1 Å². The monoisotopic (exact) mass is 346 g/mol. The van der Waals surface area contributed by atoms with Crippen molar-refractivity contribution in [2.24, 2.45) is 11.5 Å². The summed E-state index contributed by atoms with van der Waals surface area (Å²) in [5.41, 5.74) is 13.4. The highest BCUT2D eigenvalue weighted by atomic mass is 16.7. The Morgan fingerprint density at radius 2 is 1.71 bits per heavy atom. The Kier molecular flexibility index (Phi) is 5.66. The number of nitrogens with two attached hydrogens (primary N) is 2. The van der Waals surface area contributed by atoms with Crippen LogP contribution in [0.3, 0.4) is 0 Å². The molecule has 12 heteroatoms. The Bertz CT molecular complexity index is 541. The summed E-state index contributed by atoms with van der Waals surface area (Å²) in [6.07, 6.45) is -2.59. The van der Waals surface area contributed by atoms with Crippen LogP contribution in [0.1, 0.15) is 19.3 Å². The molecular formula is C12H18N4O8. The number of ether oxygens (including phenoxy) is 2. The van der Waals surface area contributed by atoms with Gasteiger partial charge in [0, 0.05) is 19.5 Å². The summed E-state index contributed by atoms with van der Waals surface area (Å²) in [4.78, 5) is 57.2. The van der Waals surface area contributed by atoms with Crippen molar-refractivity contribution in [1.82, 2.24) is 11.0 Å². The fourth-order valence-corrected chi connectivity index (χ4v) is 1.99. The van der Waals surface area contributed by atoms with Crippen LogP contribution in [0.15, 0.2) is 0 Å². The summed E-state index contributed by atoms with van der Waals surface area (Å²) < 4.78 is 9.99. The van der Waals surface area contributed by atoms with Gasteiger partial charge in [0.05, 0.1) is 6.42 Å². The van der Waals surface area contributed by atoms with Gasteiger partial charge in [0.25, 0.3) is 5.72 Å². The van der Waals surface area contributed by atoms with Crippen LogP contribution in [0.4, 0.5) is 0 Å². The smallest absolute Gasteiger partial charge is 0.388 e. The number of hydrogen-bond donors (Lipinski definition) is 4. The maximum Gasteiger partial charge on any atom is 0.388 e. The molecule has 0 aromatic carbocycles. The number of fused-ring (bicyclic) bond motifs is 1. The second-order valence-corrected chi connectivity index (χ2v) is 5.19. The number of esters is 2. The second-order valence-electron chi connectivity index (χ2n) is 5.19. The van der Waals surface area contributed by atoms with E-state index in [0.717, 1.165) is 0 Å². The molecule has 24 heavy (non-hydrogen) atoms. The minimum atomic E-state index is -2.56. The number of carbonyl (C=O) groups excluding carboxylic acids is 4. The van der Waals surface area contributed by atoms with Crippen LogP contribution < -0.4 is 22.4 Å². The first-order valence-electron chi connectivity index (χ1n) is 7.16. The molecule has 1 unspecified atom stereocenters. The van der Waals surface area contributed by atoms with Crippen LogP contribution in [0.2, 0.25) is 0 Å². The molecule has 0 aliphatic carbocycles. The molecule has 2 heterocycles. The van der Waals surface area contributed by atoms with Gasteiger partial charge in [-0.1, -0.05) is 0 Å². The van der Waals surface area contributed by atoms with Gasteiger partial charge in [-0.25, -0.2) is 4.79 Å². The molecule has 2 fully saturated rings. The Balaban J connectivity index is 2.37. The normalized spacial score (nSPS) is 33.2. The third-order valence-corrected chi connectivity index (χ3v) is 3.33. The molecule has 0 aromatic rings. The van der Waals surface area contributed by atoms with Crippen molar-refractivity contribution < 1.29 is 38.3 Å². The maximum atomic E-state index is 12.3. The van der Waals surface area contributed by atoms with Crippen molar-refractivity contribution in [3.63, 3.8) is 0 Å². The molecular weight excluding hydrogens is 328 g/mol. The summed E-state index contributed by atoms with van der Waals surface area (Å²) in [7, 11) is 0. The van der Waals surface area contributed by atoms with E-state index in [-0.39, 0.29) is 25.9 Å². The van der Waals surface area contributed by atoms with Gasteiger partial charge in [-0.2, -0.15) is 11.0 Å². The average molecular weight is 346 g/mol. The first kappa shape index (κ1) is 18.1. The van der Waals surface area contributed by atoms with Gasteiger partial charge in [0.15, 0.2) is 6.10 Å². The number of hydroxylamine groups is 2. The predicted octanol–water partition coefficient (Wildman–Crippen LogP) is -3.28. The molecule has 2 aliphatic rings. The quantitative estimate of drug-likeness (QED) is 0.254. The summed E-state index contributed by atoms with van der Waals surface area (Å²) in [6, 6.07) is -1.19. The molecule has 0 amide bonds. The van der Waals surface area contributed by atoms with Crippen LogP contribution >= 0.6 is 0 Å². The Labute approximate surface area is 136 Å². The van der Waals surface area contributed by atoms with Crippen LogP contribution in [0.5, 0.6) is 0 Å². The fraction of sp³-hybridized carbons (Fsp3) is 0.667. The van der Waals surface area contributed by atoms with E-state index in [9.17, 15) is 19.2 Å². The zero-order valence-corrected chi connectivity index (χ0v) is 12.6.